The Bertz CT molecular complexity index is 747. The number of amides is 1. The van der Waals surface area contributed by atoms with E-state index >= 15 is 0 Å². The first-order valence-electron chi connectivity index (χ1n) is 8.39. The molecule has 0 heterocycles. The van der Waals surface area contributed by atoms with Crippen LogP contribution in [0.1, 0.15) is 11.1 Å². The third-order valence-electron chi connectivity index (χ3n) is 4.23. The van der Waals surface area contributed by atoms with Gasteiger partial charge in [0.1, 0.15) is 0 Å². The molecule has 0 unspecified atom stereocenters. The Morgan fingerprint density at radius 1 is 0.720 bits per heavy atom. The Morgan fingerprint density at radius 2 is 1.12 bits per heavy atom. The van der Waals surface area contributed by atoms with Crippen molar-refractivity contribution in [1.29, 1.82) is 0 Å². The molecule has 3 aromatic carbocycles. The van der Waals surface area contributed by atoms with Crippen LogP contribution in [0.15, 0.2) is 91.0 Å². The van der Waals surface area contributed by atoms with Crippen LogP contribution >= 0.6 is 0 Å². The molecular weight excluding hydrogens is 310 g/mol. The number of carboxylic acid groups (broad SMARTS) is 1. The predicted octanol–water partition coefficient (Wildman–Crippen LogP) is 5.03. The second-order valence-corrected chi connectivity index (χ2v) is 6.02. The molecule has 1 N–H and O–H groups in total. The Labute approximate surface area is 148 Å². The number of para-hydroxylation sites is 1. The minimum Gasteiger partial charge on any atom is -0.465 e. The maximum absolute atomic E-state index is 12.0. The van der Waals surface area contributed by atoms with E-state index in [9.17, 15) is 9.90 Å². The Hall–Kier alpha value is -3.07. The molecule has 0 aromatic heterocycles. The summed E-state index contributed by atoms with van der Waals surface area (Å²) < 4.78 is 0. The smallest absolute Gasteiger partial charge is 0.412 e. The van der Waals surface area contributed by atoms with Gasteiger partial charge in [-0.2, -0.15) is 0 Å². The summed E-state index contributed by atoms with van der Waals surface area (Å²) >= 11 is 0. The van der Waals surface area contributed by atoms with Gasteiger partial charge in [-0.05, 0) is 36.1 Å². The van der Waals surface area contributed by atoms with Crippen LogP contribution in [0, 0.1) is 0 Å². The monoisotopic (exact) mass is 331 g/mol. The molecule has 3 heteroatoms. The van der Waals surface area contributed by atoms with E-state index < -0.39 is 6.09 Å². The van der Waals surface area contributed by atoms with Crippen molar-refractivity contribution in [1.82, 2.24) is 0 Å². The molecule has 3 rings (SSSR count). The quantitative estimate of drug-likeness (QED) is 0.688. The highest BCUT2D eigenvalue weighted by molar-refractivity contribution is 5.86. The lowest BCUT2D eigenvalue weighted by molar-refractivity contribution is 0.198. The molecule has 0 saturated heterocycles. The average molecular weight is 331 g/mol. The molecule has 0 aliphatic rings. The van der Waals surface area contributed by atoms with Gasteiger partial charge in [0.05, 0.1) is 0 Å². The van der Waals surface area contributed by atoms with Crippen LogP contribution in [0.25, 0.3) is 0 Å². The van der Waals surface area contributed by atoms with Crippen LogP contribution in [0.3, 0.4) is 0 Å². The van der Waals surface area contributed by atoms with E-state index in [2.05, 4.69) is 0 Å². The normalized spacial score (nSPS) is 10.6. The first-order valence-corrected chi connectivity index (χ1v) is 8.39. The van der Waals surface area contributed by atoms with Crippen LogP contribution in [0.2, 0.25) is 0 Å². The van der Waals surface area contributed by atoms with Gasteiger partial charge in [-0.25, -0.2) is 4.79 Å². The Kier molecular flexibility index (Phi) is 5.47. The molecule has 0 spiro atoms. The molecule has 3 aromatic rings. The predicted molar refractivity (Wildman–Crippen MR) is 101 cm³/mol. The van der Waals surface area contributed by atoms with E-state index in [1.54, 1.807) is 0 Å². The van der Waals surface area contributed by atoms with Crippen LogP contribution in [-0.4, -0.2) is 17.2 Å². The summed E-state index contributed by atoms with van der Waals surface area (Å²) in [6.07, 6.45) is 0.400. The summed E-state index contributed by atoms with van der Waals surface area (Å²) in [5, 5.41) is 9.88. The van der Waals surface area contributed by atoms with Crippen molar-refractivity contribution in [3.05, 3.63) is 102 Å². The zero-order chi connectivity index (χ0) is 17.5. The van der Waals surface area contributed by atoms with E-state index in [0.29, 0.717) is 18.5 Å². The van der Waals surface area contributed by atoms with Crippen LogP contribution in [0.4, 0.5) is 10.5 Å². The first kappa shape index (κ1) is 16.8. The van der Waals surface area contributed by atoms with Crippen molar-refractivity contribution in [3.8, 4) is 0 Å². The summed E-state index contributed by atoms with van der Waals surface area (Å²) in [5.41, 5.74) is 2.96. The largest absolute Gasteiger partial charge is 0.465 e. The van der Waals surface area contributed by atoms with Gasteiger partial charge in [0, 0.05) is 11.7 Å². The third-order valence-corrected chi connectivity index (χ3v) is 4.23. The second-order valence-electron chi connectivity index (χ2n) is 6.02. The lowest BCUT2D eigenvalue weighted by Gasteiger charge is -2.30. The summed E-state index contributed by atoms with van der Waals surface area (Å²) in [6.45, 7) is 0. The zero-order valence-electron chi connectivity index (χ0n) is 14.0. The van der Waals surface area contributed by atoms with Crippen LogP contribution in [0.5, 0.6) is 0 Å². The fourth-order valence-corrected chi connectivity index (χ4v) is 3.09. The Morgan fingerprint density at radius 3 is 1.52 bits per heavy atom. The Balaban J connectivity index is 1.94. The van der Waals surface area contributed by atoms with Crippen molar-refractivity contribution in [2.75, 3.05) is 4.90 Å². The number of rotatable bonds is 6. The maximum Gasteiger partial charge on any atom is 0.412 e. The van der Waals surface area contributed by atoms with Crippen molar-refractivity contribution in [2.24, 2.45) is 0 Å². The topological polar surface area (TPSA) is 40.5 Å². The average Bonchev–Trinajstić information content (AvgIpc) is 2.64. The number of anilines is 1. The van der Waals surface area contributed by atoms with Gasteiger partial charge >= 0.3 is 6.09 Å². The van der Waals surface area contributed by atoms with Crippen molar-refractivity contribution >= 4 is 11.8 Å². The molecule has 25 heavy (non-hydrogen) atoms. The van der Waals surface area contributed by atoms with Gasteiger partial charge in [-0.1, -0.05) is 78.9 Å². The van der Waals surface area contributed by atoms with E-state index in [1.165, 1.54) is 4.90 Å². The molecule has 3 nitrogen and oxygen atoms in total. The van der Waals surface area contributed by atoms with Crippen molar-refractivity contribution in [2.45, 2.75) is 18.9 Å². The molecule has 126 valence electrons. The summed E-state index contributed by atoms with van der Waals surface area (Å²) in [5.74, 6) is 0. The van der Waals surface area contributed by atoms with Crippen molar-refractivity contribution in [3.63, 3.8) is 0 Å². The van der Waals surface area contributed by atoms with Gasteiger partial charge in [-0.3, -0.25) is 4.90 Å². The van der Waals surface area contributed by atoms with Gasteiger partial charge in [0.25, 0.3) is 0 Å². The molecule has 0 aliphatic carbocycles. The number of benzene rings is 3. The molecule has 0 saturated carbocycles. The highest BCUT2D eigenvalue weighted by Crippen LogP contribution is 2.22. The highest BCUT2D eigenvalue weighted by Gasteiger charge is 2.25. The number of hydrogen-bond donors (Lipinski definition) is 1. The molecule has 0 atom stereocenters. The number of hydrogen-bond acceptors (Lipinski definition) is 1. The molecule has 0 radical (unpaired) electrons. The minimum absolute atomic E-state index is 0.176. The maximum atomic E-state index is 12.0. The highest BCUT2D eigenvalue weighted by atomic mass is 16.4. The van der Waals surface area contributed by atoms with E-state index in [4.69, 9.17) is 0 Å². The molecular formula is C22H21NO2. The fourth-order valence-electron chi connectivity index (χ4n) is 3.09. The molecule has 1 amide bonds. The fraction of sp³-hybridized carbons (Fsp3) is 0.136. The van der Waals surface area contributed by atoms with Gasteiger partial charge in [0.2, 0.25) is 0 Å². The number of carbonyl (C=O) groups is 1. The summed E-state index contributed by atoms with van der Waals surface area (Å²) in [7, 11) is 0. The van der Waals surface area contributed by atoms with Crippen LogP contribution < -0.4 is 4.90 Å². The minimum atomic E-state index is -0.928. The summed E-state index contributed by atoms with van der Waals surface area (Å²) in [6, 6.07) is 29.2. The third kappa shape index (κ3) is 4.48. The lowest BCUT2D eigenvalue weighted by atomic mass is 9.97. The van der Waals surface area contributed by atoms with E-state index in [0.717, 1.165) is 11.1 Å². The molecule has 0 fully saturated rings. The number of nitrogens with zero attached hydrogens (tertiary/aromatic N) is 1. The van der Waals surface area contributed by atoms with Gasteiger partial charge in [-0.15, -0.1) is 0 Å². The van der Waals surface area contributed by atoms with E-state index in [-0.39, 0.29) is 6.04 Å². The first-order chi connectivity index (χ1) is 12.2. The zero-order valence-corrected chi connectivity index (χ0v) is 14.0. The standard InChI is InChI=1S/C22H21NO2/c24-22(25)23(20-14-8-3-9-15-20)21(16-18-10-4-1-5-11-18)17-19-12-6-2-7-13-19/h1-15,21H,16-17H2,(H,24,25). The SMILES string of the molecule is O=C(O)N(c1ccccc1)C(Cc1ccccc1)Cc1ccccc1. The second kappa shape index (κ2) is 8.15. The van der Waals surface area contributed by atoms with Gasteiger partial charge < -0.3 is 5.11 Å². The van der Waals surface area contributed by atoms with Crippen LogP contribution in [-0.2, 0) is 12.8 Å². The van der Waals surface area contributed by atoms with Crippen molar-refractivity contribution < 1.29 is 9.90 Å². The van der Waals surface area contributed by atoms with Gasteiger partial charge in [0.15, 0.2) is 0 Å². The van der Waals surface area contributed by atoms with E-state index in [1.807, 2.05) is 91.0 Å². The molecule has 0 bridgehead atoms. The lowest BCUT2D eigenvalue weighted by Crippen LogP contribution is -2.42. The summed E-state index contributed by atoms with van der Waals surface area (Å²) in [4.78, 5) is 13.5. The molecule has 0 aliphatic heterocycles.